The van der Waals surface area contributed by atoms with E-state index >= 15 is 0 Å². The van der Waals surface area contributed by atoms with E-state index in [4.69, 9.17) is 4.74 Å². The number of esters is 1. The molecule has 118 valence electrons. The molecule has 0 unspecified atom stereocenters. The Balaban J connectivity index is 1.95. The van der Waals surface area contributed by atoms with E-state index in [2.05, 4.69) is 52.3 Å². The Hall–Kier alpha value is -2.17. The number of carbonyl (C=O) groups is 1. The van der Waals surface area contributed by atoms with Crippen LogP contribution in [0.2, 0.25) is 0 Å². The summed E-state index contributed by atoms with van der Waals surface area (Å²) in [5.74, 6) is 0.250. The normalized spacial score (nSPS) is 11.1. The van der Waals surface area contributed by atoms with Crippen LogP contribution in [0.3, 0.4) is 0 Å². The fourth-order valence-electron chi connectivity index (χ4n) is 2.93. The number of fused-ring (bicyclic) bond motifs is 3. The molecule has 0 saturated carbocycles. The number of carbonyl (C=O) groups excluding carboxylic acids is 1. The molecule has 0 N–H and O–H groups in total. The standard InChI is InChI=1S/C20H13BrO2S/c1-12(22)23-14-8-6-13(7-9-14)19-16(21)10-11-18-20(19)15-4-2-3-5-17(15)24-18/h2-11H,1H3. The zero-order valence-electron chi connectivity index (χ0n) is 12.9. The lowest BCUT2D eigenvalue weighted by Gasteiger charge is -2.09. The molecule has 4 heteroatoms. The van der Waals surface area contributed by atoms with E-state index < -0.39 is 0 Å². The Labute approximate surface area is 151 Å². The van der Waals surface area contributed by atoms with Crippen molar-refractivity contribution in [3.05, 3.63) is 65.1 Å². The molecule has 0 amide bonds. The predicted octanol–water partition coefficient (Wildman–Crippen LogP) is 6.41. The largest absolute Gasteiger partial charge is 0.427 e. The summed E-state index contributed by atoms with van der Waals surface area (Å²) < 4.78 is 8.73. The number of thiophene rings is 1. The molecule has 1 aromatic heterocycles. The lowest BCUT2D eigenvalue weighted by Crippen LogP contribution is -2.00. The van der Waals surface area contributed by atoms with Gasteiger partial charge >= 0.3 is 5.97 Å². The van der Waals surface area contributed by atoms with Gasteiger partial charge in [-0.15, -0.1) is 11.3 Å². The summed E-state index contributed by atoms with van der Waals surface area (Å²) in [5, 5.41) is 2.52. The highest BCUT2D eigenvalue weighted by Crippen LogP contribution is 2.43. The number of halogens is 1. The maximum atomic E-state index is 11.1. The minimum atomic E-state index is -0.310. The van der Waals surface area contributed by atoms with Gasteiger partial charge in [-0.25, -0.2) is 0 Å². The zero-order valence-corrected chi connectivity index (χ0v) is 15.3. The summed E-state index contributed by atoms with van der Waals surface area (Å²) in [4.78, 5) is 11.1. The van der Waals surface area contributed by atoms with Gasteiger partial charge in [0.1, 0.15) is 5.75 Å². The van der Waals surface area contributed by atoms with Gasteiger partial charge in [-0.2, -0.15) is 0 Å². The third kappa shape index (κ3) is 2.62. The van der Waals surface area contributed by atoms with Gasteiger partial charge in [-0.1, -0.05) is 46.3 Å². The van der Waals surface area contributed by atoms with Crippen LogP contribution < -0.4 is 4.74 Å². The number of hydrogen-bond donors (Lipinski definition) is 0. The summed E-state index contributed by atoms with van der Waals surface area (Å²) in [5.41, 5.74) is 2.26. The van der Waals surface area contributed by atoms with Crippen molar-refractivity contribution < 1.29 is 9.53 Å². The molecule has 0 atom stereocenters. The first-order valence-electron chi connectivity index (χ1n) is 7.52. The van der Waals surface area contributed by atoms with E-state index in [9.17, 15) is 4.79 Å². The second-order valence-corrected chi connectivity index (χ2v) is 7.45. The Morgan fingerprint density at radius 3 is 2.46 bits per heavy atom. The Bertz CT molecular complexity index is 1060. The van der Waals surface area contributed by atoms with Crippen molar-refractivity contribution >= 4 is 53.4 Å². The summed E-state index contributed by atoms with van der Waals surface area (Å²) >= 11 is 5.50. The third-order valence-corrected chi connectivity index (χ3v) is 5.69. The molecule has 0 aliphatic carbocycles. The maximum absolute atomic E-state index is 11.1. The minimum absolute atomic E-state index is 0.310. The van der Waals surface area contributed by atoms with Gasteiger partial charge < -0.3 is 4.74 Å². The van der Waals surface area contributed by atoms with Gasteiger partial charge in [0.25, 0.3) is 0 Å². The van der Waals surface area contributed by atoms with Crippen LogP contribution in [-0.4, -0.2) is 5.97 Å². The van der Waals surface area contributed by atoms with Crippen LogP contribution >= 0.6 is 27.3 Å². The molecule has 24 heavy (non-hydrogen) atoms. The minimum Gasteiger partial charge on any atom is -0.427 e. The van der Waals surface area contributed by atoms with E-state index in [0.717, 1.165) is 10.0 Å². The first kappa shape index (κ1) is 15.4. The second-order valence-electron chi connectivity index (χ2n) is 5.51. The fourth-order valence-corrected chi connectivity index (χ4v) is 4.60. The van der Waals surface area contributed by atoms with Crippen molar-refractivity contribution in [2.45, 2.75) is 6.92 Å². The molecule has 0 spiro atoms. The van der Waals surface area contributed by atoms with E-state index in [-0.39, 0.29) is 5.97 Å². The Morgan fingerprint density at radius 1 is 0.958 bits per heavy atom. The molecule has 0 bridgehead atoms. The topological polar surface area (TPSA) is 26.3 Å². The Morgan fingerprint density at radius 2 is 1.71 bits per heavy atom. The average molecular weight is 397 g/mol. The van der Waals surface area contributed by atoms with Gasteiger partial charge in [0, 0.05) is 37.1 Å². The number of rotatable bonds is 2. The molecule has 3 aromatic carbocycles. The van der Waals surface area contributed by atoms with Gasteiger partial charge in [-0.3, -0.25) is 4.79 Å². The summed E-state index contributed by atoms with van der Waals surface area (Å²) in [6.07, 6.45) is 0. The molecule has 4 aromatic rings. The van der Waals surface area contributed by atoms with Gasteiger partial charge in [0.05, 0.1) is 0 Å². The van der Waals surface area contributed by atoms with Crippen molar-refractivity contribution in [3.8, 4) is 16.9 Å². The molecule has 1 heterocycles. The first-order chi connectivity index (χ1) is 11.6. The lowest BCUT2D eigenvalue weighted by atomic mass is 9.99. The third-order valence-electron chi connectivity index (χ3n) is 3.90. The molecule has 0 fully saturated rings. The van der Waals surface area contributed by atoms with Crippen molar-refractivity contribution in [3.63, 3.8) is 0 Å². The predicted molar refractivity (Wildman–Crippen MR) is 104 cm³/mol. The molecule has 0 radical (unpaired) electrons. The van der Waals surface area contributed by atoms with E-state index in [1.54, 1.807) is 11.3 Å². The molecule has 4 rings (SSSR count). The monoisotopic (exact) mass is 396 g/mol. The SMILES string of the molecule is CC(=O)Oc1ccc(-c2c(Br)ccc3sc4ccccc4c23)cc1. The van der Waals surface area contributed by atoms with Crippen LogP contribution in [0, 0.1) is 0 Å². The number of benzene rings is 3. The summed E-state index contributed by atoms with van der Waals surface area (Å²) in [6, 6.07) is 20.3. The zero-order chi connectivity index (χ0) is 16.7. The molecule has 2 nitrogen and oxygen atoms in total. The van der Waals surface area contributed by atoms with Crippen molar-refractivity contribution in [2.24, 2.45) is 0 Å². The second kappa shape index (κ2) is 6.04. The quantitative estimate of drug-likeness (QED) is 0.289. The first-order valence-corrected chi connectivity index (χ1v) is 9.13. The van der Waals surface area contributed by atoms with E-state index in [0.29, 0.717) is 5.75 Å². The van der Waals surface area contributed by atoms with E-state index in [1.165, 1.54) is 32.7 Å². The van der Waals surface area contributed by atoms with Crippen molar-refractivity contribution in [1.82, 2.24) is 0 Å². The van der Waals surface area contributed by atoms with E-state index in [1.807, 2.05) is 24.3 Å². The summed E-state index contributed by atoms with van der Waals surface area (Å²) in [6.45, 7) is 1.41. The van der Waals surface area contributed by atoms with Gasteiger partial charge in [0.2, 0.25) is 0 Å². The fraction of sp³-hybridized carbons (Fsp3) is 0.0500. The number of ether oxygens (including phenoxy) is 1. The van der Waals surface area contributed by atoms with Crippen molar-refractivity contribution in [2.75, 3.05) is 0 Å². The van der Waals surface area contributed by atoms with Crippen LogP contribution in [-0.2, 0) is 4.79 Å². The highest BCUT2D eigenvalue weighted by atomic mass is 79.9. The van der Waals surface area contributed by atoms with Crippen LogP contribution in [0.15, 0.2) is 65.1 Å². The molecule has 0 aliphatic heterocycles. The molecule has 0 saturated heterocycles. The van der Waals surface area contributed by atoms with Crippen LogP contribution in [0.5, 0.6) is 5.75 Å². The highest BCUT2D eigenvalue weighted by molar-refractivity contribution is 9.10. The molecular weight excluding hydrogens is 384 g/mol. The average Bonchev–Trinajstić information content (AvgIpc) is 2.94. The lowest BCUT2D eigenvalue weighted by molar-refractivity contribution is -0.131. The van der Waals surface area contributed by atoms with Crippen molar-refractivity contribution in [1.29, 1.82) is 0 Å². The van der Waals surface area contributed by atoms with Gasteiger partial charge in [0.15, 0.2) is 0 Å². The smallest absolute Gasteiger partial charge is 0.308 e. The summed E-state index contributed by atoms with van der Waals surface area (Å²) in [7, 11) is 0. The number of hydrogen-bond acceptors (Lipinski definition) is 3. The maximum Gasteiger partial charge on any atom is 0.308 e. The Kier molecular flexibility index (Phi) is 3.87. The molecule has 0 aliphatic rings. The van der Waals surface area contributed by atoms with Crippen LogP contribution in [0.1, 0.15) is 6.92 Å². The van der Waals surface area contributed by atoms with Crippen LogP contribution in [0.4, 0.5) is 0 Å². The molecular formula is C20H13BrO2S. The van der Waals surface area contributed by atoms with Gasteiger partial charge in [-0.05, 0) is 35.9 Å². The van der Waals surface area contributed by atoms with Crippen LogP contribution in [0.25, 0.3) is 31.3 Å². The highest BCUT2D eigenvalue weighted by Gasteiger charge is 2.14.